The van der Waals surface area contributed by atoms with Crippen LogP contribution in [0.3, 0.4) is 0 Å². The number of esters is 1. The lowest BCUT2D eigenvalue weighted by Crippen LogP contribution is -2.57. The van der Waals surface area contributed by atoms with Crippen LogP contribution in [0.2, 0.25) is 0 Å². The van der Waals surface area contributed by atoms with Gasteiger partial charge in [-0.05, 0) is 69.6 Å². The maximum atomic E-state index is 15.0. The predicted octanol–water partition coefficient (Wildman–Crippen LogP) is 5.49. The Morgan fingerprint density at radius 2 is 1.80 bits per heavy atom. The Hall–Kier alpha value is -3.80. The number of carbonyl (C=O) groups is 4. The first-order valence-corrected chi connectivity index (χ1v) is 18.8. The zero-order valence-corrected chi connectivity index (χ0v) is 31.3. The second-order valence-electron chi connectivity index (χ2n) is 13.9. The van der Waals surface area contributed by atoms with E-state index in [4.69, 9.17) is 9.47 Å². The van der Waals surface area contributed by atoms with Crippen LogP contribution in [0, 0.1) is 25.7 Å². The van der Waals surface area contributed by atoms with Gasteiger partial charge in [-0.1, -0.05) is 76.6 Å². The topological polar surface area (TPSA) is 125 Å². The molecule has 0 aromatic heterocycles. The van der Waals surface area contributed by atoms with E-state index in [-0.39, 0.29) is 48.7 Å². The number of halogens is 1. The van der Waals surface area contributed by atoms with Crippen LogP contribution >= 0.6 is 15.9 Å². The lowest BCUT2D eigenvalue weighted by Gasteiger charge is -2.38. The summed E-state index contributed by atoms with van der Waals surface area (Å²) < 4.78 is 13.1. The molecule has 2 aromatic rings. The molecule has 2 aromatic carbocycles. The van der Waals surface area contributed by atoms with Crippen LogP contribution < -0.4 is 10.2 Å². The fourth-order valence-corrected chi connectivity index (χ4v) is 9.17. The number of aryl methyl sites for hydroxylation is 2. The molecule has 5 rings (SSSR count). The second kappa shape index (κ2) is 16.7. The number of amides is 3. The number of likely N-dealkylation sites (tertiary alicyclic amines) is 1. The van der Waals surface area contributed by atoms with Crippen LogP contribution in [0.4, 0.5) is 5.69 Å². The Kier molecular flexibility index (Phi) is 12.6. The van der Waals surface area contributed by atoms with Gasteiger partial charge < -0.3 is 29.7 Å². The van der Waals surface area contributed by atoms with E-state index < -0.39 is 47.7 Å². The van der Waals surface area contributed by atoms with E-state index in [1.807, 2.05) is 62.4 Å². The van der Waals surface area contributed by atoms with Crippen LogP contribution in [-0.4, -0.2) is 82.0 Å². The van der Waals surface area contributed by atoms with Crippen molar-refractivity contribution in [2.24, 2.45) is 11.8 Å². The number of fused-ring (bicyclic) bond motifs is 1. The largest absolute Gasteiger partial charge is 0.455 e. The molecule has 1 spiro atoms. The lowest BCUT2D eigenvalue weighted by atomic mass is 9.70. The van der Waals surface area contributed by atoms with E-state index >= 15 is 4.79 Å². The van der Waals surface area contributed by atoms with Crippen molar-refractivity contribution in [3.63, 3.8) is 0 Å². The van der Waals surface area contributed by atoms with Crippen LogP contribution in [-0.2, 0) is 28.7 Å². The molecule has 2 bridgehead atoms. The van der Waals surface area contributed by atoms with Crippen LogP contribution in [0.5, 0.6) is 0 Å². The standard InChI is InChI=1S/C40H50BrN3O7/c1-6-8-20-30(46)42-27(5)34(28-18-11-9-12-19-28)50-39(49)31-32-37(47)44(22-13-10-14-23-45)36(40(32)24-29(41)35(31)51-40)38(48)43(21-7-2)33-25(3)16-15-17-26(33)4/h6-7,9,11-12,15-19,27,29,31-32,34-36,45H,1-2,8,10,13-14,20-24H2,3-5H3,(H,42,46)/t27-,29?,31-,32+,34-,35-,36-,40+/m1/s1. The highest BCUT2D eigenvalue weighted by molar-refractivity contribution is 9.09. The summed E-state index contributed by atoms with van der Waals surface area (Å²) in [5.41, 5.74) is 1.99. The minimum atomic E-state index is -1.28. The van der Waals surface area contributed by atoms with Crippen molar-refractivity contribution in [2.75, 3.05) is 24.6 Å². The lowest BCUT2D eigenvalue weighted by molar-refractivity contribution is -0.162. The van der Waals surface area contributed by atoms with E-state index in [1.165, 1.54) is 0 Å². The molecule has 11 heteroatoms. The maximum absolute atomic E-state index is 15.0. The van der Waals surface area contributed by atoms with Gasteiger partial charge >= 0.3 is 5.97 Å². The maximum Gasteiger partial charge on any atom is 0.313 e. The molecule has 8 atom stereocenters. The SMILES string of the molecule is C=CCCC(=O)N[C@H](C)[C@@H](OC(=O)[C@H]1[C@@H]2O[C@@]3(CC2Br)[C@@H]1C(=O)N(CCCCCO)[C@@H]3C(=O)N(CC=C)c1c(C)cccc1C)c1ccccc1. The first-order valence-electron chi connectivity index (χ1n) is 17.9. The van der Waals surface area contributed by atoms with E-state index in [9.17, 15) is 19.5 Å². The van der Waals surface area contributed by atoms with E-state index in [0.29, 0.717) is 37.7 Å². The summed E-state index contributed by atoms with van der Waals surface area (Å²) in [6.45, 7) is 13.8. The molecule has 3 heterocycles. The van der Waals surface area contributed by atoms with Crippen LogP contribution in [0.25, 0.3) is 0 Å². The molecule has 3 aliphatic rings. The van der Waals surface area contributed by atoms with Crippen LogP contribution in [0.1, 0.15) is 68.2 Å². The molecule has 3 aliphatic heterocycles. The average molecular weight is 765 g/mol. The van der Waals surface area contributed by atoms with Crippen molar-refractivity contribution in [1.82, 2.24) is 10.2 Å². The molecule has 0 saturated carbocycles. The van der Waals surface area contributed by atoms with E-state index in [0.717, 1.165) is 16.8 Å². The van der Waals surface area contributed by atoms with Gasteiger partial charge in [0.1, 0.15) is 17.7 Å². The predicted molar refractivity (Wildman–Crippen MR) is 199 cm³/mol. The summed E-state index contributed by atoms with van der Waals surface area (Å²) in [6.07, 6.45) is 4.71. The van der Waals surface area contributed by atoms with Crippen molar-refractivity contribution in [3.8, 4) is 0 Å². The van der Waals surface area contributed by atoms with Gasteiger partial charge in [0.15, 0.2) is 0 Å². The normalized spacial score (nSPS) is 25.9. The number of rotatable bonds is 17. The third kappa shape index (κ3) is 7.57. The minimum absolute atomic E-state index is 0.0300. The molecule has 1 unspecified atom stereocenters. The van der Waals surface area contributed by atoms with E-state index in [1.54, 1.807) is 28.9 Å². The monoisotopic (exact) mass is 763 g/mol. The summed E-state index contributed by atoms with van der Waals surface area (Å²) in [5, 5.41) is 12.4. The summed E-state index contributed by atoms with van der Waals surface area (Å²) >= 11 is 3.76. The fourth-order valence-electron chi connectivity index (χ4n) is 8.23. The number of nitrogens with one attached hydrogen (secondary N) is 1. The summed E-state index contributed by atoms with van der Waals surface area (Å²) in [7, 11) is 0. The number of para-hydroxylation sites is 1. The van der Waals surface area contributed by atoms with Gasteiger partial charge in [0.05, 0.1) is 24.0 Å². The Morgan fingerprint density at radius 3 is 2.45 bits per heavy atom. The highest BCUT2D eigenvalue weighted by atomic mass is 79.9. The first kappa shape index (κ1) is 38.4. The number of anilines is 1. The van der Waals surface area contributed by atoms with Gasteiger partial charge in [-0.25, -0.2) is 0 Å². The molecule has 274 valence electrons. The number of hydrogen-bond acceptors (Lipinski definition) is 7. The van der Waals surface area contributed by atoms with Crippen molar-refractivity contribution >= 4 is 45.3 Å². The minimum Gasteiger partial charge on any atom is -0.455 e. The summed E-state index contributed by atoms with van der Waals surface area (Å²) in [4.78, 5) is 59.8. The van der Waals surface area contributed by atoms with Gasteiger partial charge in [-0.2, -0.15) is 0 Å². The van der Waals surface area contributed by atoms with E-state index in [2.05, 4.69) is 34.4 Å². The number of carbonyl (C=O) groups excluding carboxylic acids is 4. The third-order valence-electron chi connectivity index (χ3n) is 10.4. The number of hydrogen-bond donors (Lipinski definition) is 2. The Bertz CT molecular complexity index is 1600. The van der Waals surface area contributed by atoms with Gasteiger partial charge in [0, 0.05) is 36.6 Å². The van der Waals surface area contributed by atoms with Gasteiger partial charge in [-0.15, -0.1) is 13.2 Å². The highest BCUT2D eigenvalue weighted by Crippen LogP contribution is 2.60. The van der Waals surface area contributed by atoms with Crippen LogP contribution in [0.15, 0.2) is 73.8 Å². The van der Waals surface area contributed by atoms with Crippen molar-refractivity contribution in [1.29, 1.82) is 0 Å². The molecule has 3 amide bonds. The highest BCUT2D eigenvalue weighted by Gasteiger charge is 2.77. The molecule has 3 fully saturated rings. The number of unbranched alkanes of at least 4 members (excludes halogenated alkanes) is 2. The van der Waals surface area contributed by atoms with Crippen molar-refractivity contribution in [2.45, 2.75) is 94.0 Å². The number of alkyl halides is 1. The number of nitrogens with zero attached hydrogens (tertiary/aromatic N) is 2. The van der Waals surface area contributed by atoms with Crippen molar-refractivity contribution < 1.29 is 33.8 Å². The number of ether oxygens (including phenoxy) is 2. The third-order valence-corrected chi connectivity index (χ3v) is 11.3. The molecule has 10 nitrogen and oxygen atoms in total. The Labute approximate surface area is 309 Å². The van der Waals surface area contributed by atoms with Crippen molar-refractivity contribution in [3.05, 3.63) is 90.5 Å². The summed E-state index contributed by atoms with van der Waals surface area (Å²) in [6, 6.07) is 13.5. The second-order valence-corrected chi connectivity index (χ2v) is 15.1. The molecular formula is C40H50BrN3O7. The first-order chi connectivity index (χ1) is 24.5. The molecule has 2 N–H and O–H groups in total. The number of benzene rings is 2. The molecule has 0 radical (unpaired) electrons. The quantitative estimate of drug-likeness (QED) is 0.0946. The molecule has 51 heavy (non-hydrogen) atoms. The van der Waals surface area contributed by atoms with Gasteiger partial charge in [-0.3, -0.25) is 19.2 Å². The fraction of sp³-hybridized carbons (Fsp3) is 0.500. The zero-order chi connectivity index (χ0) is 36.9. The van der Waals surface area contributed by atoms with Gasteiger partial charge in [0.2, 0.25) is 11.8 Å². The smallest absolute Gasteiger partial charge is 0.313 e. The van der Waals surface area contributed by atoms with Gasteiger partial charge in [0.25, 0.3) is 5.91 Å². The molecule has 0 aliphatic carbocycles. The Balaban J connectivity index is 1.52. The number of aliphatic hydroxyl groups is 1. The number of allylic oxidation sites excluding steroid dienone is 1. The Morgan fingerprint density at radius 1 is 1.10 bits per heavy atom. The number of aliphatic hydroxyl groups excluding tert-OH is 1. The summed E-state index contributed by atoms with van der Waals surface area (Å²) in [5.74, 6) is -3.36. The molecular weight excluding hydrogens is 714 g/mol. The zero-order valence-electron chi connectivity index (χ0n) is 29.8. The molecule has 3 saturated heterocycles. The average Bonchev–Trinajstić information content (AvgIpc) is 3.70.